The molecule has 1 saturated heterocycles. The van der Waals surface area contributed by atoms with Gasteiger partial charge in [-0.15, -0.1) is 11.3 Å². The summed E-state index contributed by atoms with van der Waals surface area (Å²) in [6.45, 7) is 1.75. The van der Waals surface area contributed by atoms with Crippen molar-refractivity contribution in [2.24, 2.45) is 0 Å². The fraction of sp³-hybridized carbons (Fsp3) is 0.353. The van der Waals surface area contributed by atoms with Crippen LogP contribution in [-0.2, 0) is 10.2 Å². The molecule has 0 atom stereocenters. The second-order valence-electron chi connectivity index (χ2n) is 5.83. The van der Waals surface area contributed by atoms with Crippen LogP contribution in [0.25, 0.3) is 0 Å². The molecule has 1 N–H and O–H groups in total. The third-order valence-corrected chi connectivity index (χ3v) is 5.54. The lowest BCUT2D eigenvalue weighted by atomic mass is 9.78. The molecule has 0 bridgehead atoms. The molecule has 1 fully saturated rings. The van der Waals surface area contributed by atoms with Crippen LogP contribution in [0.1, 0.15) is 28.1 Å². The second kappa shape index (κ2) is 7.11. The first-order valence-electron chi connectivity index (χ1n) is 7.76. The van der Waals surface area contributed by atoms with Crippen LogP contribution >= 0.6 is 11.3 Å². The van der Waals surface area contributed by atoms with E-state index < -0.39 is 10.8 Å². The Bertz CT molecular complexity index is 724. The van der Waals surface area contributed by atoms with Gasteiger partial charge in [0.05, 0.1) is 4.92 Å². The predicted octanol–water partition coefficient (Wildman–Crippen LogP) is 3.13. The number of hydrogen-bond acceptors (Lipinski definition) is 5. The maximum absolute atomic E-state index is 12.5. The van der Waals surface area contributed by atoms with Crippen molar-refractivity contribution in [3.05, 3.63) is 62.3 Å². The Morgan fingerprint density at radius 3 is 2.67 bits per heavy atom. The van der Waals surface area contributed by atoms with Gasteiger partial charge >= 0.3 is 0 Å². The smallest absolute Gasteiger partial charge is 0.282 e. The monoisotopic (exact) mass is 346 g/mol. The highest BCUT2D eigenvalue weighted by Gasteiger charge is 2.36. The molecule has 1 amide bonds. The third kappa shape index (κ3) is 3.32. The van der Waals surface area contributed by atoms with E-state index in [1.165, 1.54) is 17.0 Å². The number of nitro groups is 1. The summed E-state index contributed by atoms with van der Waals surface area (Å²) >= 11 is 1.67. The van der Waals surface area contributed by atoms with Crippen molar-refractivity contribution in [2.75, 3.05) is 19.8 Å². The summed E-state index contributed by atoms with van der Waals surface area (Å²) in [5.41, 5.74) is -0.242. The van der Waals surface area contributed by atoms with E-state index >= 15 is 0 Å². The van der Waals surface area contributed by atoms with Crippen molar-refractivity contribution >= 4 is 22.9 Å². The van der Waals surface area contributed by atoms with Gasteiger partial charge in [0.25, 0.3) is 11.6 Å². The van der Waals surface area contributed by atoms with Gasteiger partial charge in [0, 0.05) is 36.1 Å². The zero-order valence-corrected chi connectivity index (χ0v) is 13.9. The molecule has 0 radical (unpaired) electrons. The Balaban J connectivity index is 1.78. The number of ether oxygens (including phenoxy) is 1. The zero-order chi connectivity index (χ0) is 17.0. The molecule has 1 aromatic carbocycles. The first-order valence-corrected chi connectivity index (χ1v) is 8.64. The average Bonchev–Trinajstić information content (AvgIpc) is 3.16. The van der Waals surface area contributed by atoms with Crippen molar-refractivity contribution in [3.63, 3.8) is 0 Å². The molecule has 0 unspecified atom stereocenters. The Morgan fingerprint density at radius 1 is 1.25 bits per heavy atom. The summed E-state index contributed by atoms with van der Waals surface area (Å²) in [6, 6.07) is 10.1. The Hall–Kier alpha value is -2.25. The van der Waals surface area contributed by atoms with Gasteiger partial charge in [-0.2, -0.15) is 0 Å². The SMILES string of the molecule is O=C(NCC1(c2cccs2)CCOCC1)c1ccccc1[N+](=O)[O-]. The van der Waals surface area contributed by atoms with Crippen molar-refractivity contribution in [2.45, 2.75) is 18.3 Å². The molecule has 0 spiro atoms. The van der Waals surface area contributed by atoms with Crippen LogP contribution in [-0.4, -0.2) is 30.6 Å². The number of carbonyl (C=O) groups is 1. The van der Waals surface area contributed by atoms with E-state index in [1.54, 1.807) is 23.5 Å². The third-order valence-electron chi connectivity index (χ3n) is 4.43. The van der Waals surface area contributed by atoms with E-state index in [2.05, 4.69) is 11.4 Å². The summed E-state index contributed by atoms with van der Waals surface area (Å²) in [7, 11) is 0. The van der Waals surface area contributed by atoms with E-state index in [4.69, 9.17) is 4.74 Å². The van der Waals surface area contributed by atoms with Gasteiger partial charge in [-0.3, -0.25) is 14.9 Å². The Kier molecular flexibility index (Phi) is 4.92. The van der Waals surface area contributed by atoms with Gasteiger partial charge in [-0.25, -0.2) is 0 Å². The number of rotatable bonds is 5. The van der Waals surface area contributed by atoms with Crippen molar-refractivity contribution in [1.82, 2.24) is 5.32 Å². The van der Waals surface area contributed by atoms with Crippen LogP contribution in [0.2, 0.25) is 0 Å². The number of benzene rings is 1. The van der Waals surface area contributed by atoms with E-state index in [9.17, 15) is 14.9 Å². The highest BCUT2D eigenvalue weighted by molar-refractivity contribution is 7.10. The van der Waals surface area contributed by atoms with Crippen molar-refractivity contribution in [3.8, 4) is 0 Å². The fourth-order valence-electron chi connectivity index (χ4n) is 3.02. The van der Waals surface area contributed by atoms with Crippen molar-refractivity contribution in [1.29, 1.82) is 0 Å². The van der Waals surface area contributed by atoms with Crippen LogP contribution < -0.4 is 5.32 Å². The maximum Gasteiger partial charge on any atom is 0.282 e. The minimum Gasteiger partial charge on any atom is -0.381 e. The van der Waals surface area contributed by atoms with Gasteiger partial charge in [-0.05, 0) is 30.4 Å². The van der Waals surface area contributed by atoms with Gasteiger partial charge in [-0.1, -0.05) is 18.2 Å². The summed E-state index contributed by atoms with van der Waals surface area (Å²) in [4.78, 5) is 24.3. The second-order valence-corrected chi connectivity index (χ2v) is 6.77. The first kappa shape index (κ1) is 16.6. The van der Waals surface area contributed by atoms with Crippen LogP contribution in [0, 0.1) is 10.1 Å². The highest BCUT2D eigenvalue weighted by Crippen LogP contribution is 2.37. The summed E-state index contributed by atoms with van der Waals surface area (Å²) in [5.74, 6) is -0.412. The number of thiophene rings is 1. The number of carbonyl (C=O) groups excluding carboxylic acids is 1. The molecule has 0 aliphatic carbocycles. The molecular weight excluding hydrogens is 328 g/mol. The fourth-order valence-corrected chi connectivity index (χ4v) is 4.01. The largest absolute Gasteiger partial charge is 0.381 e. The Morgan fingerprint density at radius 2 is 2.00 bits per heavy atom. The molecule has 6 nitrogen and oxygen atoms in total. The summed E-state index contributed by atoms with van der Waals surface area (Å²) < 4.78 is 5.47. The standard InChI is InChI=1S/C17H18N2O4S/c20-16(13-4-1-2-5-14(13)19(21)22)18-12-17(7-9-23-10-8-17)15-6-3-11-24-15/h1-6,11H,7-10,12H2,(H,18,20). The lowest BCUT2D eigenvalue weighted by Gasteiger charge is -2.36. The normalized spacial score (nSPS) is 16.5. The molecular formula is C17H18N2O4S. The predicted molar refractivity (Wildman–Crippen MR) is 91.5 cm³/mol. The molecule has 0 saturated carbocycles. The van der Waals surface area contributed by atoms with E-state index in [1.807, 2.05) is 11.4 Å². The average molecular weight is 346 g/mol. The number of nitro benzene ring substituents is 1. The topological polar surface area (TPSA) is 81.5 Å². The lowest BCUT2D eigenvalue weighted by molar-refractivity contribution is -0.385. The van der Waals surface area contributed by atoms with E-state index in [0.29, 0.717) is 19.8 Å². The van der Waals surface area contributed by atoms with Gasteiger partial charge in [0.2, 0.25) is 0 Å². The minimum absolute atomic E-state index is 0.0934. The number of nitrogens with one attached hydrogen (secondary N) is 1. The van der Waals surface area contributed by atoms with Crippen LogP contribution in [0.4, 0.5) is 5.69 Å². The quantitative estimate of drug-likeness (QED) is 0.666. The van der Waals surface area contributed by atoms with E-state index in [0.717, 1.165) is 12.8 Å². The van der Waals surface area contributed by atoms with Gasteiger partial charge in [0.15, 0.2) is 0 Å². The highest BCUT2D eigenvalue weighted by atomic mass is 32.1. The van der Waals surface area contributed by atoms with Gasteiger partial charge in [0.1, 0.15) is 5.56 Å². The lowest BCUT2D eigenvalue weighted by Crippen LogP contribution is -2.44. The molecule has 126 valence electrons. The number of hydrogen-bond donors (Lipinski definition) is 1. The molecule has 7 heteroatoms. The number of para-hydroxylation sites is 1. The van der Waals surface area contributed by atoms with Crippen molar-refractivity contribution < 1.29 is 14.5 Å². The molecule has 2 aromatic rings. The summed E-state index contributed by atoms with van der Waals surface area (Å²) in [5, 5.41) is 16.0. The van der Waals surface area contributed by atoms with Crippen LogP contribution in [0.15, 0.2) is 41.8 Å². The molecule has 24 heavy (non-hydrogen) atoms. The maximum atomic E-state index is 12.5. The van der Waals surface area contributed by atoms with Crippen LogP contribution in [0.5, 0.6) is 0 Å². The number of amides is 1. The Labute approximate surface area is 143 Å². The molecule has 1 aliphatic heterocycles. The number of nitrogens with zero attached hydrogens (tertiary/aromatic N) is 1. The van der Waals surface area contributed by atoms with Gasteiger partial charge < -0.3 is 10.1 Å². The van der Waals surface area contributed by atoms with E-state index in [-0.39, 0.29) is 16.7 Å². The summed E-state index contributed by atoms with van der Waals surface area (Å²) in [6.07, 6.45) is 1.65. The molecule has 3 rings (SSSR count). The first-order chi connectivity index (χ1) is 11.6. The molecule has 1 aromatic heterocycles. The molecule has 1 aliphatic rings. The minimum atomic E-state index is -0.529. The van der Waals surface area contributed by atoms with Crippen LogP contribution in [0.3, 0.4) is 0 Å². The molecule has 2 heterocycles. The zero-order valence-electron chi connectivity index (χ0n) is 13.1.